The molecule has 0 unspecified atom stereocenters. The number of hydrogen-bond donors (Lipinski definition) is 0. The lowest BCUT2D eigenvalue weighted by atomic mass is 10.2. The van der Waals surface area contributed by atoms with Gasteiger partial charge in [-0.2, -0.15) is 4.98 Å². The van der Waals surface area contributed by atoms with Gasteiger partial charge in [0.1, 0.15) is 0 Å². The van der Waals surface area contributed by atoms with Crippen molar-refractivity contribution in [2.75, 3.05) is 32.7 Å². The van der Waals surface area contributed by atoms with Gasteiger partial charge in [-0.1, -0.05) is 12.1 Å². The quantitative estimate of drug-likeness (QED) is 0.826. The average molecular weight is 315 g/mol. The van der Waals surface area contributed by atoms with Crippen molar-refractivity contribution in [2.24, 2.45) is 0 Å². The highest BCUT2D eigenvalue weighted by atomic mass is 16.5. The summed E-state index contributed by atoms with van der Waals surface area (Å²) in [6, 6.07) is 3.70. The number of hydrogen-bond acceptors (Lipinski definition) is 6. The van der Waals surface area contributed by atoms with Gasteiger partial charge in [0.15, 0.2) is 0 Å². The number of carbonyl (C=O) groups is 1. The first-order chi connectivity index (χ1) is 11.3. The van der Waals surface area contributed by atoms with Crippen molar-refractivity contribution in [2.45, 2.75) is 19.8 Å². The van der Waals surface area contributed by atoms with Crippen molar-refractivity contribution in [3.8, 4) is 11.4 Å². The molecule has 0 atom stereocenters. The van der Waals surface area contributed by atoms with Crippen molar-refractivity contribution in [1.29, 1.82) is 0 Å². The second-order valence-corrected chi connectivity index (χ2v) is 5.57. The van der Waals surface area contributed by atoms with E-state index in [1.54, 1.807) is 12.4 Å². The predicted octanol–water partition coefficient (Wildman–Crippen LogP) is 1.23. The van der Waals surface area contributed by atoms with Crippen LogP contribution in [-0.2, 0) is 11.2 Å². The first-order valence-corrected chi connectivity index (χ1v) is 7.99. The minimum Gasteiger partial charge on any atom is -0.340 e. The van der Waals surface area contributed by atoms with E-state index in [0.29, 0.717) is 24.6 Å². The Balaban J connectivity index is 1.51. The summed E-state index contributed by atoms with van der Waals surface area (Å²) in [6.07, 6.45) is 4.26. The number of piperazine rings is 1. The summed E-state index contributed by atoms with van der Waals surface area (Å²) >= 11 is 0. The third-order valence-corrected chi connectivity index (χ3v) is 4.11. The van der Waals surface area contributed by atoms with Crippen molar-refractivity contribution in [3.63, 3.8) is 0 Å². The lowest BCUT2D eigenvalue weighted by Gasteiger charge is -2.34. The zero-order valence-corrected chi connectivity index (χ0v) is 13.3. The molecule has 1 amide bonds. The summed E-state index contributed by atoms with van der Waals surface area (Å²) < 4.78 is 5.22. The molecule has 2 aromatic rings. The van der Waals surface area contributed by atoms with E-state index >= 15 is 0 Å². The monoisotopic (exact) mass is 315 g/mol. The zero-order valence-electron chi connectivity index (χ0n) is 13.3. The Labute approximate surface area is 135 Å². The number of aromatic nitrogens is 3. The molecule has 1 fully saturated rings. The Kier molecular flexibility index (Phi) is 4.97. The highest BCUT2D eigenvalue weighted by molar-refractivity contribution is 5.76. The van der Waals surface area contributed by atoms with Crippen LogP contribution in [0.3, 0.4) is 0 Å². The molecule has 0 bridgehead atoms. The van der Waals surface area contributed by atoms with Gasteiger partial charge in [-0.3, -0.25) is 9.78 Å². The number of pyridine rings is 1. The predicted molar refractivity (Wildman–Crippen MR) is 84.5 cm³/mol. The molecule has 23 heavy (non-hydrogen) atoms. The third kappa shape index (κ3) is 3.92. The summed E-state index contributed by atoms with van der Waals surface area (Å²) in [5, 5.41) is 3.94. The van der Waals surface area contributed by atoms with E-state index in [0.717, 1.165) is 38.3 Å². The first-order valence-electron chi connectivity index (χ1n) is 7.99. The number of amides is 1. The van der Waals surface area contributed by atoms with E-state index in [1.165, 1.54) is 0 Å². The van der Waals surface area contributed by atoms with Gasteiger partial charge in [-0.25, -0.2) is 0 Å². The lowest BCUT2D eigenvalue weighted by Crippen LogP contribution is -2.48. The van der Waals surface area contributed by atoms with Crippen LogP contribution >= 0.6 is 0 Å². The minimum atomic E-state index is 0.155. The minimum absolute atomic E-state index is 0.155. The number of aryl methyl sites for hydroxylation is 1. The van der Waals surface area contributed by atoms with Crippen molar-refractivity contribution >= 4 is 5.91 Å². The Hall–Kier alpha value is -2.28. The molecule has 1 aliphatic rings. The molecule has 122 valence electrons. The van der Waals surface area contributed by atoms with Crippen LogP contribution < -0.4 is 0 Å². The third-order valence-electron chi connectivity index (χ3n) is 4.11. The topological polar surface area (TPSA) is 75.4 Å². The Bertz CT molecular complexity index is 635. The number of carbonyl (C=O) groups excluding carboxylic acids is 1. The van der Waals surface area contributed by atoms with Gasteiger partial charge in [0.05, 0.1) is 0 Å². The second kappa shape index (κ2) is 7.32. The highest BCUT2D eigenvalue weighted by Crippen LogP contribution is 2.14. The Morgan fingerprint density at radius 2 is 2.13 bits per heavy atom. The van der Waals surface area contributed by atoms with Gasteiger partial charge in [0.2, 0.25) is 17.6 Å². The fraction of sp³-hybridized carbons (Fsp3) is 0.500. The van der Waals surface area contributed by atoms with E-state index in [9.17, 15) is 4.79 Å². The van der Waals surface area contributed by atoms with Gasteiger partial charge in [0.25, 0.3) is 0 Å². The van der Waals surface area contributed by atoms with E-state index in [2.05, 4.69) is 26.9 Å². The van der Waals surface area contributed by atoms with Crippen LogP contribution in [0, 0.1) is 0 Å². The molecule has 7 nitrogen and oxygen atoms in total. The van der Waals surface area contributed by atoms with Gasteiger partial charge < -0.3 is 14.3 Å². The normalized spacial score (nSPS) is 15.8. The van der Waals surface area contributed by atoms with Crippen LogP contribution in [0.2, 0.25) is 0 Å². The standard InChI is InChI=1S/C16H21N5O2/c1-2-20-8-10-21(11-9-20)15(22)6-5-14-18-16(19-23-14)13-4-3-7-17-12-13/h3-4,7,12H,2,5-6,8-11H2,1H3. The number of nitrogens with zero attached hydrogens (tertiary/aromatic N) is 5. The molecule has 0 spiro atoms. The van der Waals surface area contributed by atoms with E-state index < -0.39 is 0 Å². The van der Waals surface area contributed by atoms with Crippen molar-refractivity contribution in [1.82, 2.24) is 24.9 Å². The summed E-state index contributed by atoms with van der Waals surface area (Å²) in [5.74, 6) is 1.16. The van der Waals surface area contributed by atoms with E-state index in [1.807, 2.05) is 17.0 Å². The molecule has 0 saturated carbocycles. The molecule has 3 rings (SSSR count). The molecule has 0 N–H and O–H groups in total. The summed E-state index contributed by atoms with van der Waals surface area (Å²) in [4.78, 5) is 24.9. The Morgan fingerprint density at radius 3 is 2.83 bits per heavy atom. The number of rotatable bonds is 5. The molecule has 2 aromatic heterocycles. The van der Waals surface area contributed by atoms with Crippen LogP contribution in [0.15, 0.2) is 29.0 Å². The zero-order chi connectivity index (χ0) is 16.1. The van der Waals surface area contributed by atoms with Gasteiger partial charge in [-0.05, 0) is 18.7 Å². The van der Waals surface area contributed by atoms with Crippen molar-refractivity contribution in [3.05, 3.63) is 30.4 Å². The maximum absolute atomic E-state index is 12.3. The maximum Gasteiger partial charge on any atom is 0.227 e. The molecular formula is C16H21N5O2. The maximum atomic E-state index is 12.3. The Morgan fingerprint density at radius 1 is 1.30 bits per heavy atom. The van der Waals surface area contributed by atoms with Gasteiger partial charge in [-0.15, -0.1) is 0 Å². The van der Waals surface area contributed by atoms with Gasteiger partial charge >= 0.3 is 0 Å². The second-order valence-electron chi connectivity index (χ2n) is 5.57. The van der Waals surface area contributed by atoms with Crippen molar-refractivity contribution < 1.29 is 9.32 Å². The number of likely N-dealkylation sites (N-methyl/N-ethyl adjacent to an activating group) is 1. The SMILES string of the molecule is CCN1CCN(C(=O)CCc2nc(-c3cccnc3)no2)CC1. The summed E-state index contributed by atoms with van der Waals surface area (Å²) in [6.45, 7) is 6.70. The average Bonchev–Trinajstić information content (AvgIpc) is 3.09. The van der Waals surface area contributed by atoms with Crippen LogP contribution in [-0.4, -0.2) is 63.6 Å². The molecule has 0 radical (unpaired) electrons. The molecular weight excluding hydrogens is 294 g/mol. The molecule has 0 aromatic carbocycles. The molecule has 7 heteroatoms. The fourth-order valence-corrected chi connectivity index (χ4v) is 2.65. The first kappa shape index (κ1) is 15.6. The molecule has 0 aliphatic carbocycles. The molecule has 1 aliphatic heterocycles. The van der Waals surface area contributed by atoms with Crippen LogP contribution in [0.4, 0.5) is 0 Å². The smallest absolute Gasteiger partial charge is 0.227 e. The summed E-state index contributed by atoms with van der Waals surface area (Å²) in [5.41, 5.74) is 0.810. The van der Waals surface area contributed by atoms with Crippen LogP contribution in [0.1, 0.15) is 19.2 Å². The summed E-state index contributed by atoms with van der Waals surface area (Å²) in [7, 11) is 0. The highest BCUT2D eigenvalue weighted by Gasteiger charge is 2.20. The fourth-order valence-electron chi connectivity index (χ4n) is 2.65. The van der Waals surface area contributed by atoms with E-state index in [-0.39, 0.29) is 5.91 Å². The molecule has 1 saturated heterocycles. The largest absolute Gasteiger partial charge is 0.340 e. The lowest BCUT2D eigenvalue weighted by molar-refractivity contribution is -0.132. The van der Waals surface area contributed by atoms with Crippen LogP contribution in [0.25, 0.3) is 11.4 Å². The van der Waals surface area contributed by atoms with Gasteiger partial charge in [0, 0.05) is 57.0 Å². The molecule has 3 heterocycles. The van der Waals surface area contributed by atoms with Crippen LogP contribution in [0.5, 0.6) is 0 Å². The van der Waals surface area contributed by atoms with E-state index in [4.69, 9.17) is 4.52 Å².